The molecule has 0 bridgehead atoms. The van der Waals surface area contributed by atoms with Crippen molar-refractivity contribution in [3.63, 3.8) is 0 Å². The van der Waals surface area contributed by atoms with Gasteiger partial charge < -0.3 is 14.8 Å². The summed E-state index contributed by atoms with van der Waals surface area (Å²) in [7, 11) is 6.26. The number of hydrogen-bond donors (Lipinski definition) is 2. The average molecular weight is 328 g/mol. The van der Waals surface area contributed by atoms with E-state index in [0.29, 0.717) is 6.04 Å². The van der Waals surface area contributed by atoms with Gasteiger partial charge in [0, 0.05) is 36.4 Å². The predicted octanol–water partition coefficient (Wildman–Crippen LogP) is 2.25. The van der Waals surface area contributed by atoms with E-state index in [-0.39, 0.29) is 5.43 Å². The molecule has 1 aromatic heterocycles. The highest BCUT2D eigenvalue weighted by Crippen LogP contribution is 2.19. The summed E-state index contributed by atoms with van der Waals surface area (Å²) in [6, 6.07) is 6.77. The maximum absolute atomic E-state index is 13.1. The van der Waals surface area contributed by atoms with Crippen LogP contribution in [0.1, 0.15) is 43.4 Å². The molecule has 1 aromatic carbocycles. The van der Waals surface area contributed by atoms with Gasteiger partial charge in [-0.25, -0.2) is 0 Å². The molecule has 4 heteroatoms. The van der Waals surface area contributed by atoms with Crippen molar-refractivity contribution >= 4 is 16.6 Å². The number of nitrogens with one attached hydrogen (secondary N) is 2. The van der Waals surface area contributed by atoms with E-state index >= 15 is 0 Å². The van der Waals surface area contributed by atoms with E-state index in [9.17, 15) is 4.79 Å². The molecule has 130 valence electrons. The molecule has 1 fully saturated rings. The van der Waals surface area contributed by atoms with Crippen LogP contribution in [-0.2, 0) is 6.54 Å². The molecule has 2 aromatic rings. The lowest BCUT2D eigenvalue weighted by molar-refractivity contribution is -0.921. The van der Waals surface area contributed by atoms with E-state index in [2.05, 4.69) is 18.1 Å². The minimum absolute atomic E-state index is 0.195. The van der Waals surface area contributed by atoms with Crippen LogP contribution in [0, 0.1) is 6.92 Å². The van der Waals surface area contributed by atoms with Crippen molar-refractivity contribution in [2.75, 3.05) is 26.0 Å². The number of quaternary nitrogens is 1. The number of benzene rings is 1. The van der Waals surface area contributed by atoms with Crippen molar-refractivity contribution in [2.45, 2.75) is 51.6 Å². The van der Waals surface area contributed by atoms with Crippen LogP contribution in [0.15, 0.2) is 23.0 Å². The Bertz CT molecular complexity index is 772. The smallest absolute Gasteiger partial charge is 0.198 e. The molecule has 1 heterocycles. The lowest BCUT2D eigenvalue weighted by Crippen LogP contribution is -3.12. The molecule has 2 N–H and O–H groups in total. The molecular weight excluding hydrogens is 298 g/mol. The molecule has 1 aliphatic carbocycles. The van der Waals surface area contributed by atoms with Gasteiger partial charge in [0.1, 0.15) is 6.54 Å². The molecule has 1 unspecified atom stereocenters. The maximum atomic E-state index is 13.1. The lowest BCUT2D eigenvalue weighted by atomic mass is 9.94. The van der Waals surface area contributed by atoms with Crippen molar-refractivity contribution in [2.24, 2.45) is 0 Å². The Morgan fingerprint density at radius 1 is 1.21 bits per heavy atom. The molecule has 1 saturated carbocycles. The van der Waals surface area contributed by atoms with E-state index in [4.69, 9.17) is 0 Å². The second-order valence-corrected chi connectivity index (χ2v) is 7.54. The molecular formula is C20H30N3O+. The monoisotopic (exact) mass is 328 g/mol. The minimum Gasteiger partial charge on any atom is -0.378 e. The van der Waals surface area contributed by atoms with Crippen molar-refractivity contribution in [1.29, 1.82) is 0 Å². The van der Waals surface area contributed by atoms with Crippen LogP contribution in [0.25, 0.3) is 10.9 Å². The van der Waals surface area contributed by atoms with E-state index in [1.807, 2.05) is 38.1 Å². The summed E-state index contributed by atoms with van der Waals surface area (Å²) in [6.45, 7) is 2.85. The van der Waals surface area contributed by atoms with E-state index in [1.165, 1.54) is 37.0 Å². The average Bonchev–Trinajstić information content (AvgIpc) is 2.58. The number of nitrogens with zero attached hydrogens (tertiary/aromatic N) is 1. The topological polar surface area (TPSA) is 40.5 Å². The highest BCUT2D eigenvalue weighted by atomic mass is 16.1. The zero-order chi connectivity index (χ0) is 17.3. The highest BCUT2D eigenvalue weighted by Gasteiger charge is 2.23. The van der Waals surface area contributed by atoms with Crippen molar-refractivity contribution in [1.82, 2.24) is 4.98 Å². The molecule has 0 radical (unpaired) electrons. The Kier molecular flexibility index (Phi) is 4.95. The SMILES string of the molecule is Cc1[nH]c2ccc(N(C)C)cc2c(=O)c1C[NH+](C)C1CCCCC1. The fourth-order valence-corrected chi connectivity index (χ4v) is 3.95. The number of aromatic amines is 1. The van der Waals surface area contributed by atoms with Crippen LogP contribution >= 0.6 is 0 Å². The summed E-state index contributed by atoms with van der Waals surface area (Å²) in [5.41, 5.74) is 4.15. The largest absolute Gasteiger partial charge is 0.378 e. The summed E-state index contributed by atoms with van der Waals surface area (Å²) in [4.78, 5) is 20.0. The third kappa shape index (κ3) is 3.34. The number of rotatable bonds is 4. The Labute approximate surface area is 144 Å². The van der Waals surface area contributed by atoms with Gasteiger partial charge in [-0.15, -0.1) is 0 Å². The van der Waals surface area contributed by atoms with Crippen LogP contribution in [0.5, 0.6) is 0 Å². The van der Waals surface area contributed by atoms with Crippen LogP contribution < -0.4 is 15.2 Å². The molecule has 0 amide bonds. The standard InChI is InChI=1S/C20H29N3O/c1-14-18(13-23(4)15-8-6-5-7-9-15)20(24)17-12-16(22(2)3)10-11-19(17)21-14/h10-12,15H,5-9,13H2,1-4H3,(H,21,24)/p+1. The van der Waals surface area contributed by atoms with Gasteiger partial charge >= 0.3 is 0 Å². The summed E-state index contributed by atoms with van der Waals surface area (Å²) < 4.78 is 0. The van der Waals surface area contributed by atoms with Gasteiger partial charge in [-0.2, -0.15) is 0 Å². The second-order valence-electron chi connectivity index (χ2n) is 7.54. The minimum atomic E-state index is 0.195. The number of fused-ring (bicyclic) bond motifs is 1. The molecule has 4 nitrogen and oxygen atoms in total. The van der Waals surface area contributed by atoms with Crippen LogP contribution in [-0.4, -0.2) is 32.2 Å². The third-order valence-corrected chi connectivity index (χ3v) is 5.57. The second kappa shape index (κ2) is 6.98. The summed E-state index contributed by atoms with van der Waals surface area (Å²) in [5.74, 6) is 0. The summed E-state index contributed by atoms with van der Waals surface area (Å²) in [5, 5.41) is 0.804. The van der Waals surface area contributed by atoms with E-state index in [0.717, 1.165) is 34.4 Å². The van der Waals surface area contributed by atoms with Crippen LogP contribution in [0.3, 0.4) is 0 Å². The van der Waals surface area contributed by atoms with E-state index < -0.39 is 0 Å². The third-order valence-electron chi connectivity index (χ3n) is 5.57. The fourth-order valence-electron chi connectivity index (χ4n) is 3.95. The van der Waals surface area contributed by atoms with Gasteiger partial charge in [0.05, 0.1) is 18.7 Å². The molecule has 0 spiro atoms. The summed E-state index contributed by atoms with van der Waals surface area (Å²) in [6.07, 6.45) is 6.62. The Morgan fingerprint density at radius 3 is 2.58 bits per heavy atom. The summed E-state index contributed by atoms with van der Waals surface area (Å²) >= 11 is 0. The van der Waals surface area contributed by atoms with Gasteiger partial charge in [0.2, 0.25) is 0 Å². The molecule has 0 aliphatic heterocycles. The number of pyridine rings is 1. The van der Waals surface area contributed by atoms with E-state index in [1.54, 1.807) is 0 Å². The zero-order valence-electron chi connectivity index (χ0n) is 15.4. The van der Waals surface area contributed by atoms with Gasteiger partial charge in [-0.05, 0) is 50.8 Å². The quantitative estimate of drug-likeness (QED) is 0.904. The Hall–Kier alpha value is -1.81. The molecule has 24 heavy (non-hydrogen) atoms. The van der Waals surface area contributed by atoms with Crippen LogP contribution in [0.4, 0.5) is 5.69 Å². The molecule has 1 aliphatic rings. The first-order valence-electron chi connectivity index (χ1n) is 9.12. The fraction of sp³-hybridized carbons (Fsp3) is 0.550. The first kappa shape index (κ1) is 17.0. The normalized spacial score (nSPS) is 17.2. The van der Waals surface area contributed by atoms with Gasteiger partial charge in [0.15, 0.2) is 5.43 Å². The van der Waals surface area contributed by atoms with Gasteiger partial charge in [-0.1, -0.05) is 6.42 Å². The predicted molar refractivity (Wildman–Crippen MR) is 101 cm³/mol. The maximum Gasteiger partial charge on any atom is 0.198 e. The first-order chi connectivity index (χ1) is 11.5. The number of anilines is 1. The zero-order valence-corrected chi connectivity index (χ0v) is 15.4. The number of H-pyrrole nitrogens is 1. The first-order valence-corrected chi connectivity index (χ1v) is 9.12. The van der Waals surface area contributed by atoms with Crippen molar-refractivity contribution < 1.29 is 4.90 Å². The van der Waals surface area contributed by atoms with Crippen LogP contribution in [0.2, 0.25) is 0 Å². The molecule has 0 saturated heterocycles. The number of hydrogen-bond acceptors (Lipinski definition) is 2. The van der Waals surface area contributed by atoms with Gasteiger partial charge in [-0.3, -0.25) is 4.79 Å². The number of aryl methyl sites for hydroxylation is 1. The Morgan fingerprint density at radius 2 is 1.92 bits per heavy atom. The number of aromatic nitrogens is 1. The molecule has 1 atom stereocenters. The molecule has 3 rings (SSSR count). The lowest BCUT2D eigenvalue weighted by Gasteiger charge is -2.28. The Balaban J connectivity index is 1.96. The highest BCUT2D eigenvalue weighted by molar-refractivity contribution is 5.83. The van der Waals surface area contributed by atoms with Crippen molar-refractivity contribution in [3.8, 4) is 0 Å². The van der Waals surface area contributed by atoms with Gasteiger partial charge in [0.25, 0.3) is 0 Å². The van der Waals surface area contributed by atoms with Crippen molar-refractivity contribution in [3.05, 3.63) is 39.7 Å².